The average Bonchev–Trinajstić information content (AvgIpc) is 3.00. The van der Waals surface area contributed by atoms with Gasteiger partial charge >= 0.3 is 0 Å². The van der Waals surface area contributed by atoms with Gasteiger partial charge in [-0.1, -0.05) is 91.0 Å². The summed E-state index contributed by atoms with van der Waals surface area (Å²) >= 11 is 0. The summed E-state index contributed by atoms with van der Waals surface area (Å²) in [5.41, 5.74) is 8.06. The Morgan fingerprint density at radius 2 is 0.667 bits per heavy atom. The molecule has 0 N–H and O–H groups in total. The van der Waals surface area contributed by atoms with E-state index < -0.39 is 0 Å². The summed E-state index contributed by atoms with van der Waals surface area (Å²) < 4.78 is 14.2. The van der Waals surface area contributed by atoms with Gasteiger partial charge in [0.2, 0.25) is 0 Å². The van der Waals surface area contributed by atoms with Gasteiger partial charge < -0.3 is 9.80 Å². The Balaban J connectivity index is 1.67. The number of nitrogens with zero attached hydrogens (tertiary/aromatic N) is 2. The molecule has 188 valence electrons. The van der Waals surface area contributed by atoms with Crippen molar-refractivity contribution >= 4 is 34.1 Å². The monoisotopic (exact) mass is 506 g/mol. The van der Waals surface area contributed by atoms with Gasteiger partial charge in [-0.05, 0) is 78.4 Å². The topological polar surface area (TPSA) is 6.48 Å². The van der Waals surface area contributed by atoms with E-state index in [1.54, 1.807) is 0 Å². The number of hydrogen-bond acceptors (Lipinski definition) is 2. The molecular weight excluding hydrogens is 479 g/mol. The molecule has 0 aliphatic carbocycles. The van der Waals surface area contributed by atoms with Crippen LogP contribution in [0.3, 0.4) is 0 Å². The van der Waals surface area contributed by atoms with Crippen LogP contribution in [0.5, 0.6) is 0 Å². The van der Waals surface area contributed by atoms with E-state index in [1.165, 1.54) is 12.1 Å². The SMILES string of the molecule is Fc1ccc(-c2c(N(c3ccccc3)c3ccccc3)cccc2N(c2ccccc2)c2ccccc2)cc1. The second-order valence-corrected chi connectivity index (χ2v) is 9.19. The number of anilines is 6. The van der Waals surface area contributed by atoms with Gasteiger partial charge in [-0.25, -0.2) is 4.39 Å². The number of halogens is 1. The standard InChI is InChI=1S/C36H27FN2/c37-29-26-24-28(25-27-29)36-34(38(30-14-5-1-6-15-30)31-16-7-2-8-17-31)22-13-23-35(36)39(32-18-9-3-10-19-32)33-20-11-4-12-21-33/h1-27H. The Bertz CT molecular complexity index is 1460. The molecule has 0 aliphatic rings. The highest BCUT2D eigenvalue weighted by Crippen LogP contribution is 2.48. The predicted octanol–water partition coefficient (Wildman–Crippen LogP) is 10.4. The third-order valence-corrected chi connectivity index (χ3v) is 6.69. The summed E-state index contributed by atoms with van der Waals surface area (Å²) in [4.78, 5) is 4.52. The van der Waals surface area contributed by atoms with Crippen LogP contribution in [0.4, 0.5) is 38.5 Å². The summed E-state index contributed by atoms with van der Waals surface area (Å²) in [6.45, 7) is 0. The van der Waals surface area contributed by atoms with Crippen LogP contribution < -0.4 is 9.80 Å². The van der Waals surface area contributed by atoms with Gasteiger partial charge in [-0.2, -0.15) is 0 Å². The molecule has 0 saturated heterocycles. The van der Waals surface area contributed by atoms with Crippen LogP contribution >= 0.6 is 0 Å². The third-order valence-electron chi connectivity index (χ3n) is 6.69. The van der Waals surface area contributed by atoms with E-state index in [4.69, 9.17) is 0 Å². The molecule has 0 aromatic heterocycles. The van der Waals surface area contributed by atoms with Crippen LogP contribution in [0.1, 0.15) is 0 Å². The maximum absolute atomic E-state index is 14.2. The summed E-state index contributed by atoms with van der Waals surface area (Å²) in [6, 6.07) is 54.5. The Morgan fingerprint density at radius 3 is 1.00 bits per heavy atom. The molecular formula is C36H27FN2. The van der Waals surface area contributed by atoms with E-state index >= 15 is 0 Å². The lowest BCUT2D eigenvalue weighted by atomic mass is 9.98. The molecule has 0 bridgehead atoms. The highest BCUT2D eigenvalue weighted by Gasteiger charge is 2.23. The van der Waals surface area contributed by atoms with E-state index in [-0.39, 0.29) is 5.82 Å². The zero-order valence-electron chi connectivity index (χ0n) is 21.4. The van der Waals surface area contributed by atoms with Crippen molar-refractivity contribution in [3.63, 3.8) is 0 Å². The van der Waals surface area contributed by atoms with Gasteiger partial charge in [0.15, 0.2) is 0 Å². The van der Waals surface area contributed by atoms with Crippen LogP contribution in [-0.4, -0.2) is 0 Å². The highest BCUT2D eigenvalue weighted by atomic mass is 19.1. The molecule has 0 heterocycles. The van der Waals surface area contributed by atoms with E-state index in [1.807, 2.05) is 84.9 Å². The average molecular weight is 507 g/mol. The maximum atomic E-state index is 14.2. The zero-order chi connectivity index (χ0) is 26.4. The van der Waals surface area contributed by atoms with E-state index in [0.29, 0.717) is 0 Å². The largest absolute Gasteiger partial charge is 0.310 e. The first kappa shape index (κ1) is 24.2. The van der Waals surface area contributed by atoms with Crippen LogP contribution in [0, 0.1) is 5.82 Å². The zero-order valence-corrected chi connectivity index (χ0v) is 21.4. The smallest absolute Gasteiger partial charge is 0.123 e. The number of para-hydroxylation sites is 4. The third kappa shape index (κ3) is 5.03. The lowest BCUT2D eigenvalue weighted by Crippen LogP contribution is -2.15. The first-order valence-electron chi connectivity index (χ1n) is 13.0. The van der Waals surface area contributed by atoms with Crippen LogP contribution in [0.2, 0.25) is 0 Å². The Labute approximate surface area is 228 Å². The molecule has 3 heteroatoms. The molecule has 0 fully saturated rings. The fourth-order valence-corrected chi connectivity index (χ4v) is 4.98. The van der Waals surface area contributed by atoms with Crippen LogP contribution in [0.15, 0.2) is 164 Å². The lowest BCUT2D eigenvalue weighted by molar-refractivity contribution is 0.628. The van der Waals surface area contributed by atoms with Crippen molar-refractivity contribution in [2.75, 3.05) is 9.80 Å². The molecule has 2 nitrogen and oxygen atoms in total. The molecule has 0 spiro atoms. The van der Waals surface area contributed by atoms with Crippen molar-refractivity contribution < 1.29 is 4.39 Å². The summed E-state index contributed by atoms with van der Waals surface area (Å²) in [6.07, 6.45) is 0. The molecule has 6 aromatic rings. The molecule has 0 saturated carbocycles. The van der Waals surface area contributed by atoms with Crippen molar-refractivity contribution in [1.82, 2.24) is 0 Å². The van der Waals surface area contributed by atoms with Crippen molar-refractivity contribution in [2.24, 2.45) is 0 Å². The summed E-state index contributed by atoms with van der Waals surface area (Å²) in [7, 11) is 0. The predicted molar refractivity (Wildman–Crippen MR) is 161 cm³/mol. The molecule has 0 radical (unpaired) electrons. The minimum absolute atomic E-state index is 0.260. The lowest BCUT2D eigenvalue weighted by Gasteiger charge is -2.33. The summed E-state index contributed by atoms with van der Waals surface area (Å²) in [5.74, 6) is -0.260. The molecule has 6 rings (SSSR count). The minimum Gasteiger partial charge on any atom is -0.310 e. The number of rotatable bonds is 7. The quantitative estimate of drug-likeness (QED) is 0.212. The summed E-state index contributed by atoms with van der Waals surface area (Å²) in [5, 5.41) is 0. The second-order valence-electron chi connectivity index (χ2n) is 9.19. The van der Waals surface area contributed by atoms with Crippen molar-refractivity contribution in [3.05, 3.63) is 170 Å². The molecule has 6 aromatic carbocycles. The maximum Gasteiger partial charge on any atom is 0.123 e. The molecule has 0 atom stereocenters. The first-order valence-corrected chi connectivity index (χ1v) is 13.0. The Morgan fingerprint density at radius 1 is 0.333 bits per heavy atom. The Kier molecular flexibility index (Phi) is 6.87. The van der Waals surface area contributed by atoms with Crippen LogP contribution in [-0.2, 0) is 0 Å². The van der Waals surface area contributed by atoms with Gasteiger partial charge in [-0.15, -0.1) is 0 Å². The van der Waals surface area contributed by atoms with E-state index in [2.05, 4.69) is 76.5 Å². The number of hydrogen-bond donors (Lipinski definition) is 0. The van der Waals surface area contributed by atoms with Gasteiger partial charge in [0.25, 0.3) is 0 Å². The van der Waals surface area contributed by atoms with Crippen molar-refractivity contribution in [3.8, 4) is 11.1 Å². The van der Waals surface area contributed by atoms with Crippen LogP contribution in [0.25, 0.3) is 11.1 Å². The van der Waals surface area contributed by atoms with Gasteiger partial charge in [0.1, 0.15) is 5.82 Å². The second kappa shape index (κ2) is 11.1. The molecule has 0 unspecified atom stereocenters. The van der Waals surface area contributed by atoms with Gasteiger partial charge in [-0.3, -0.25) is 0 Å². The number of benzene rings is 6. The minimum atomic E-state index is -0.260. The Hall–Kier alpha value is -5.15. The van der Waals surface area contributed by atoms with Crippen molar-refractivity contribution in [2.45, 2.75) is 0 Å². The highest BCUT2D eigenvalue weighted by molar-refractivity contribution is 5.98. The van der Waals surface area contributed by atoms with Crippen molar-refractivity contribution in [1.29, 1.82) is 0 Å². The normalized spacial score (nSPS) is 10.7. The first-order chi connectivity index (χ1) is 19.3. The molecule has 0 aliphatic heterocycles. The molecule has 0 amide bonds. The van der Waals surface area contributed by atoms with Gasteiger partial charge in [0, 0.05) is 28.3 Å². The van der Waals surface area contributed by atoms with E-state index in [0.717, 1.165) is 45.3 Å². The van der Waals surface area contributed by atoms with Gasteiger partial charge in [0.05, 0.1) is 11.4 Å². The fraction of sp³-hybridized carbons (Fsp3) is 0. The van der Waals surface area contributed by atoms with E-state index in [9.17, 15) is 4.39 Å². The fourth-order valence-electron chi connectivity index (χ4n) is 4.98. The molecule has 39 heavy (non-hydrogen) atoms.